The van der Waals surface area contributed by atoms with Crippen LogP contribution in [0.3, 0.4) is 0 Å². The van der Waals surface area contributed by atoms with Gasteiger partial charge in [-0.2, -0.15) is 5.26 Å². The van der Waals surface area contributed by atoms with E-state index < -0.39 is 21.3 Å². The third-order valence-electron chi connectivity index (χ3n) is 5.18. The van der Waals surface area contributed by atoms with Crippen molar-refractivity contribution < 1.29 is 18.0 Å². The number of sulfonamides is 1. The van der Waals surface area contributed by atoms with Crippen LogP contribution in [0.15, 0.2) is 60.8 Å². The number of hydrogen-bond acceptors (Lipinski definition) is 6. The summed E-state index contributed by atoms with van der Waals surface area (Å²) in [5.41, 5.74) is 2.23. The van der Waals surface area contributed by atoms with Gasteiger partial charge in [0.05, 0.1) is 29.6 Å². The summed E-state index contributed by atoms with van der Waals surface area (Å²) in [5.74, 6) is -0.649. The molecule has 0 radical (unpaired) electrons. The van der Waals surface area contributed by atoms with Gasteiger partial charge in [-0.1, -0.05) is 18.2 Å². The Kier molecular flexibility index (Phi) is 7.22. The molecule has 0 aliphatic rings. The summed E-state index contributed by atoms with van der Waals surface area (Å²) in [7, 11) is -3.46. The van der Waals surface area contributed by atoms with Gasteiger partial charge in [0.2, 0.25) is 10.0 Å². The van der Waals surface area contributed by atoms with Crippen LogP contribution in [0, 0.1) is 18.3 Å². The van der Waals surface area contributed by atoms with Crippen molar-refractivity contribution in [3.8, 4) is 6.07 Å². The first-order chi connectivity index (χ1) is 16.4. The van der Waals surface area contributed by atoms with Crippen molar-refractivity contribution in [1.82, 2.24) is 4.98 Å². The number of amides is 2. The van der Waals surface area contributed by atoms with Crippen LogP contribution in [0.25, 0.3) is 0 Å². The third kappa shape index (κ3) is 6.65. The minimum atomic E-state index is -3.46. The first-order valence-corrected chi connectivity index (χ1v) is 12.5. The van der Waals surface area contributed by atoms with E-state index in [1.807, 2.05) is 0 Å². The molecule has 0 bridgehead atoms. The molecule has 10 heteroatoms. The standard InChI is InChI=1S/C25H25N5O4S/c1-16-8-9-19(28-23(31)17-6-5-7-18(12-17)25(2,3)15-26)13-21(16)24(32)29-20-10-11-22(27-14-20)30-35(4,33)34/h5-14H,1-4H3,(H,27,30)(H,28,31)(H,29,32). The molecule has 0 saturated heterocycles. The highest BCUT2D eigenvalue weighted by atomic mass is 32.2. The summed E-state index contributed by atoms with van der Waals surface area (Å²) in [6.45, 7) is 5.33. The second-order valence-electron chi connectivity index (χ2n) is 8.56. The number of aryl methyl sites for hydroxylation is 1. The molecule has 1 aromatic heterocycles. The van der Waals surface area contributed by atoms with Crippen molar-refractivity contribution >= 4 is 39.0 Å². The van der Waals surface area contributed by atoms with Gasteiger partial charge in [-0.3, -0.25) is 14.3 Å². The van der Waals surface area contributed by atoms with E-state index in [1.54, 1.807) is 63.2 Å². The van der Waals surface area contributed by atoms with Gasteiger partial charge in [-0.25, -0.2) is 13.4 Å². The number of nitrogens with zero attached hydrogens (tertiary/aromatic N) is 2. The van der Waals surface area contributed by atoms with Crippen molar-refractivity contribution in [2.75, 3.05) is 21.6 Å². The Morgan fingerprint density at radius 1 is 0.971 bits per heavy atom. The third-order valence-corrected chi connectivity index (χ3v) is 5.76. The van der Waals surface area contributed by atoms with Crippen LogP contribution >= 0.6 is 0 Å². The molecular formula is C25H25N5O4S. The van der Waals surface area contributed by atoms with Crippen molar-refractivity contribution in [3.63, 3.8) is 0 Å². The molecule has 0 unspecified atom stereocenters. The summed E-state index contributed by atoms with van der Waals surface area (Å²) < 4.78 is 24.8. The monoisotopic (exact) mass is 491 g/mol. The number of carbonyl (C=O) groups excluding carboxylic acids is 2. The zero-order valence-corrected chi connectivity index (χ0v) is 20.5. The quantitative estimate of drug-likeness (QED) is 0.455. The number of nitriles is 1. The van der Waals surface area contributed by atoms with E-state index in [1.165, 1.54) is 18.3 Å². The first-order valence-electron chi connectivity index (χ1n) is 10.6. The van der Waals surface area contributed by atoms with Gasteiger partial charge in [-0.05, 0) is 68.3 Å². The van der Waals surface area contributed by atoms with Gasteiger partial charge in [0.15, 0.2) is 0 Å². The maximum absolute atomic E-state index is 12.9. The van der Waals surface area contributed by atoms with E-state index in [2.05, 4.69) is 26.4 Å². The molecule has 1 heterocycles. The van der Waals surface area contributed by atoms with E-state index >= 15 is 0 Å². The smallest absolute Gasteiger partial charge is 0.256 e. The van der Waals surface area contributed by atoms with Crippen molar-refractivity contribution in [2.45, 2.75) is 26.2 Å². The molecule has 0 spiro atoms. The number of anilines is 3. The summed E-state index contributed by atoms with van der Waals surface area (Å²) in [6.07, 6.45) is 2.35. The molecule has 0 fully saturated rings. The first kappa shape index (κ1) is 25.4. The van der Waals surface area contributed by atoms with Crippen molar-refractivity contribution in [3.05, 3.63) is 83.0 Å². The predicted molar refractivity (Wildman–Crippen MR) is 135 cm³/mol. The van der Waals surface area contributed by atoms with Gasteiger partial charge in [-0.15, -0.1) is 0 Å². The van der Waals surface area contributed by atoms with Crippen LogP contribution in [-0.4, -0.2) is 31.5 Å². The lowest BCUT2D eigenvalue weighted by molar-refractivity contribution is 0.101. The van der Waals surface area contributed by atoms with E-state index in [4.69, 9.17) is 0 Å². The molecule has 0 aliphatic heterocycles. The van der Waals surface area contributed by atoms with Crippen LogP contribution in [0.1, 0.15) is 45.7 Å². The van der Waals surface area contributed by atoms with Gasteiger partial charge in [0.25, 0.3) is 11.8 Å². The molecule has 3 aromatic rings. The molecule has 2 aromatic carbocycles. The fourth-order valence-electron chi connectivity index (χ4n) is 3.18. The van der Waals surface area contributed by atoms with Gasteiger partial charge < -0.3 is 10.6 Å². The number of aromatic nitrogens is 1. The molecule has 0 aliphatic carbocycles. The van der Waals surface area contributed by atoms with Crippen LogP contribution in [0.2, 0.25) is 0 Å². The van der Waals surface area contributed by atoms with Crippen LogP contribution < -0.4 is 15.4 Å². The summed E-state index contributed by atoms with van der Waals surface area (Å²) in [5, 5.41) is 14.9. The largest absolute Gasteiger partial charge is 0.322 e. The molecule has 0 atom stereocenters. The Hall–Kier alpha value is -4.23. The zero-order valence-electron chi connectivity index (χ0n) is 19.7. The second kappa shape index (κ2) is 9.95. The Morgan fingerprint density at radius 2 is 1.66 bits per heavy atom. The number of benzene rings is 2. The van der Waals surface area contributed by atoms with Crippen molar-refractivity contribution in [2.24, 2.45) is 0 Å². The molecule has 3 rings (SSSR count). The average molecular weight is 492 g/mol. The lowest BCUT2D eigenvalue weighted by Gasteiger charge is -2.16. The topological polar surface area (TPSA) is 141 Å². The molecule has 35 heavy (non-hydrogen) atoms. The lowest BCUT2D eigenvalue weighted by atomic mass is 9.85. The van der Waals surface area contributed by atoms with Gasteiger partial charge in [0, 0.05) is 16.8 Å². The highest BCUT2D eigenvalue weighted by molar-refractivity contribution is 7.92. The van der Waals surface area contributed by atoms with E-state index in [0.717, 1.165) is 11.8 Å². The lowest BCUT2D eigenvalue weighted by Crippen LogP contribution is -2.18. The SMILES string of the molecule is Cc1ccc(NC(=O)c2cccc(C(C)(C)C#N)c2)cc1C(=O)Nc1ccc(NS(C)(=O)=O)nc1. The minimum absolute atomic E-state index is 0.133. The zero-order chi connectivity index (χ0) is 25.8. The Morgan fingerprint density at radius 3 is 2.29 bits per heavy atom. The van der Waals surface area contributed by atoms with E-state index in [-0.39, 0.29) is 11.7 Å². The van der Waals surface area contributed by atoms with Crippen molar-refractivity contribution in [1.29, 1.82) is 5.26 Å². The fraction of sp³-hybridized carbons (Fsp3) is 0.200. The molecule has 2 amide bonds. The molecule has 3 N–H and O–H groups in total. The number of pyridine rings is 1. The van der Waals surface area contributed by atoms with E-state index in [0.29, 0.717) is 28.1 Å². The van der Waals surface area contributed by atoms with Gasteiger partial charge >= 0.3 is 0 Å². The average Bonchev–Trinajstić information content (AvgIpc) is 2.80. The number of carbonyl (C=O) groups is 2. The minimum Gasteiger partial charge on any atom is -0.322 e. The molecule has 9 nitrogen and oxygen atoms in total. The molecule has 0 saturated carbocycles. The van der Waals surface area contributed by atoms with Crippen LogP contribution in [0.5, 0.6) is 0 Å². The maximum atomic E-state index is 12.9. The maximum Gasteiger partial charge on any atom is 0.256 e. The van der Waals surface area contributed by atoms with Crippen LogP contribution in [-0.2, 0) is 15.4 Å². The Bertz CT molecular complexity index is 1420. The highest BCUT2D eigenvalue weighted by Gasteiger charge is 2.21. The van der Waals surface area contributed by atoms with Gasteiger partial charge in [0.1, 0.15) is 5.82 Å². The van der Waals surface area contributed by atoms with E-state index in [9.17, 15) is 23.3 Å². The fourth-order valence-corrected chi connectivity index (χ4v) is 3.68. The summed E-state index contributed by atoms with van der Waals surface area (Å²) in [4.78, 5) is 29.6. The number of nitrogens with one attached hydrogen (secondary N) is 3. The Balaban J connectivity index is 1.75. The summed E-state index contributed by atoms with van der Waals surface area (Å²) >= 11 is 0. The molecular weight excluding hydrogens is 466 g/mol. The van der Waals surface area contributed by atoms with Crippen LogP contribution in [0.4, 0.5) is 17.2 Å². The molecule has 180 valence electrons. The highest BCUT2D eigenvalue weighted by Crippen LogP contribution is 2.24. The number of hydrogen-bond donors (Lipinski definition) is 3. The predicted octanol–water partition coefficient (Wildman–Crippen LogP) is 4.07. The number of rotatable bonds is 7. The second-order valence-corrected chi connectivity index (χ2v) is 10.3. The summed E-state index contributed by atoms with van der Waals surface area (Å²) in [6, 6.07) is 17.0. The normalized spacial score (nSPS) is 11.3. The Labute approximate surface area is 204 Å².